The Bertz CT molecular complexity index is 462. The summed E-state index contributed by atoms with van der Waals surface area (Å²) >= 11 is 1.80. The Morgan fingerprint density at radius 2 is 2.14 bits per heavy atom. The van der Waals surface area contributed by atoms with Crippen LogP contribution in [0.5, 0.6) is 5.75 Å². The molecule has 1 unspecified atom stereocenters. The molecule has 0 aliphatic carbocycles. The highest BCUT2D eigenvalue weighted by Gasteiger charge is 2.08. The summed E-state index contributed by atoms with van der Waals surface area (Å²) in [5.41, 5.74) is 0. The van der Waals surface area contributed by atoms with Gasteiger partial charge in [-0.1, -0.05) is 19.1 Å². The van der Waals surface area contributed by atoms with Gasteiger partial charge in [0.05, 0.1) is 6.54 Å². The van der Waals surface area contributed by atoms with Crippen molar-refractivity contribution in [1.29, 1.82) is 0 Å². The van der Waals surface area contributed by atoms with E-state index in [2.05, 4.69) is 23.5 Å². The van der Waals surface area contributed by atoms with E-state index in [1.165, 1.54) is 6.07 Å². The molecule has 0 heterocycles. The molecular weight excluding hydrogens is 416 g/mol. The number of para-hydroxylation sites is 1. The maximum atomic E-state index is 13.4. The predicted molar refractivity (Wildman–Crippen MR) is 104 cm³/mol. The van der Waals surface area contributed by atoms with Gasteiger partial charge in [0.15, 0.2) is 17.5 Å². The average molecular weight is 441 g/mol. The minimum Gasteiger partial charge on any atom is -0.489 e. The lowest BCUT2D eigenvalue weighted by molar-refractivity contribution is 0.270. The highest BCUT2D eigenvalue weighted by Crippen LogP contribution is 2.14. The maximum Gasteiger partial charge on any atom is 0.193 e. The largest absolute Gasteiger partial charge is 0.489 e. The minimum atomic E-state index is -0.337. The van der Waals surface area contributed by atoms with Crippen molar-refractivity contribution in [3.05, 3.63) is 30.1 Å². The van der Waals surface area contributed by atoms with E-state index in [1.54, 1.807) is 37.0 Å². The molecule has 4 nitrogen and oxygen atoms in total. The first kappa shape index (κ1) is 21.3. The summed E-state index contributed by atoms with van der Waals surface area (Å²) in [6.45, 7) is 4.04. The number of guanidine groups is 1. The van der Waals surface area contributed by atoms with E-state index in [0.717, 1.165) is 12.5 Å². The number of ether oxygens (including phenoxy) is 1. The smallest absolute Gasteiger partial charge is 0.193 e. The lowest BCUT2D eigenvalue weighted by atomic mass is 10.3. The third kappa shape index (κ3) is 7.53. The molecule has 0 aliphatic rings. The molecule has 0 aromatic heterocycles. The van der Waals surface area contributed by atoms with Crippen LogP contribution in [-0.4, -0.2) is 56.2 Å². The maximum absolute atomic E-state index is 13.4. The van der Waals surface area contributed by atoms with Crippen LogP contribution in [0.2, 0.25) is 0 Å². The molecule has 7 heteroatoms. The van der Waals surface area contributed by atoms with Crippen LogP contribution in [-0.2, 0) is 0 Å². The van der Waals surface area contributed by atoms with Crippen LogP contribution in [0.15, 0.2) is 29.3 Å². The summed E-state index contributed by atoms with van der Waals surface area (Å²) in [4.78, 5) is 6.20. The molecule has 0 aliphatic heterocycles. The van der Waals surface area contributed by atoms with Crippen molar-refractivity contribution >= 4 is 41.7 Å². The van der Waals surface area contributed by atoms with Gasteiger partial charge in [0.25, 0.3) is 0 Å². The highest BCUT2D eigenvalue weighted by molar-refractivity contribution is 14.0. The number of hydrogen-bond acceptors (Lipinski definition) is 3. The third-order valence-corrected chi connectivity index (χ3v) is 4.02. The number of rotatable bonds is 7. The quantitative estimate of drug-likeness (QED) is 0.401. The molecule has 0 saturated carbocycles. The summed E-state index contributed by atoms with van der Waals surface area (Å²) in [6, 6.07) is 6.42. The normalized spacial score (nSPS) is 12.3. The summed E-state index contributed by atoms with van der Waals surface area (Å²) in [5.74, 6) is 0.759. The highest BCUT2D eigenvalue weighted by atomic mass is 127. The predicted octanol–water partition coefficient (Wildman–Crippen LogP) is 3.08. The van der Waals surface area contributed by atoms with E-state index >= 15 is 0 Å². The first-order chi connectivity index (χ1) is 10.1. The van der Waals surface area contributed by atoms with E-state index in [4.69, 9.17) is 4.74 Å². The first-order valence-electron chi connectivity index (χ1n) is 6.90. The second-order valence-electron chi connectivity index (χ2n) is 4.67. The van der Waals surface area contributed by atoms with E-state index < -0.39 is 0 Å². The van der Waals surface area contributed by atoms with E-state index in [-0.39, 0.29) is 35.5 Å². The zero-order valence-electron chi connectivity index (χ0n) is 13.5. The average Bonchev–Trinajstić information content (AvgIpc) is 2.49. The minimum absolute atomic E-state index is 0. The Labute approximate surface area is 153 Å². The van der Waals surface area contributed by atoms with Gasteiger partial charge in [-0.25, -0.2) is 4.39 Å². The zero-order chi connectivity index (χ0) is 15.7. The first-order valence-corrected chi connectivity index (χ1v) is 8.19. The van der Waals surface area contributed by atoms with Crippen LogP contribution < -0.4 is 10.1 Å². The summed E-state index contributed by atoms with van der Waals surface area (Å²) in [5, 5.41) is 3.82. The molecule has 0 fully saturated rings. The van der Waals surface area contributed by atoms with Gasteiger partial charge >= 0.3 is 0 Å². The van der Waals surface area contributed by atoms with Gasteiger partial charge in [-0.3, -0.25) is 4.99 Å². The zero-order valence-corrected chi connectivity index (χ0v) is 16.7. The van der Waals surface area contributed by atoms with Crippen molar-refractivity contribution in [2.45, 2.75) is 12.2 Å². The number of nitrogens with one attached hydrogen (secondary N) is 1. The monoisotopic (exact) mass is 441 g/mol. The van der Waals surface area contributed by atoms with Crippen LogP contribution in [0.25, 0.3) is 0 Å². The topological polar surface area (TPSA) is 36.9 Å². The fraction of sp³-hybridized carbons (Fsp3) is 0.533. The molecule has 22 heavy (non-hydrogen) atoms. The summed E-state index contributed by atoms with van der Waals surface area (Å²) in [7, 11) is 3.68. The summed E-state index contributed by atoms with van der Waals surface area (Å²) in [6.07, 6.45) is 2.08. The molecule has 1 aromatic rings. The van der Waals surface area contributed by atoms with Crippen LogP contribution >= 0.6 is 35.7 Å². The van der Waals surface area contributed by atoms with Crippen molar-refractivity contribution in [2.75, 3.05) is 40.0 Å². The van der Waals surface area contributed by atoms with Crippen molar-refractivity contribution in [2.24, 2.45) is 4.99 Å². The van der Waals surface area contributed by atoms with E-state index in [1.807, 2.05) is 11.9 Å². The molecule has 1 aromatic carbocycles. The van der Waals surface area contributed by atoms with Crippen LogP contribution in [0.4, 0.5) is 4.39 Å². The lowest BCUT2D eigenvalue weighted by Crippen LogP contribution is -2.42. The Morgan fingerprint density at radius 3 is 2.73 bits per heavy atom. The number of hydrogen-bond donors (Lipinski definition) is 1. The van der Waals surface area contributed by atoms with Gasteiger partial charge in [0, 0.05) is 25.9 Å². The molecule has 0 bridgehead atoms. The standard InChI is InChI=1S/C15H24FN3OS.HI/c1-12(21-4)11-18-15(17-2)19(3)9-10-20-14-8-6-5-7-13(14)16;/h5-8,12H,9-11H2,1-4H3,(H,17,18);1H. The number of nitrogens with zero attached hydrogens (tertiary/aromatic N) is 2. The van der Waals surface area contributed by atoms with Gasteiger partial charge < -0.3 is 15.0 Å². The van der Waals surface area contributed by atoms with Gasteiger partial charge in [-0.05, 0) is 18.4 Å². The van der Waals surface area contributed by atoms with E-state index in [0.29, 0.717) is 18.4 Å². The fourth-order valence-corrected chi connectivity index (χ4v) is 1.91. The van der Waals surface area contributed by atoms with Gasteiger partial charge in [0.1, 0.15) is 6.61 Å². The number of thioether (sulfide) groups is 1. The summed E-state index contributed by atoms with van der Waals surface area (Å²) < 4.78 is 18.9. The number of likely N-dealkylation sites (N-methyl/N-ethyl adjacent to an activating group) is 1. The second-order valence-corrected chi connectivity index (χ2v) is 5.95. The Morgan fingerprint density at radius 1 is 1.45 bits per heavy atom. The molecule has 0 radical (unpaired) electrons. The van der Waals surface area contributed by atoms with E-state index in [9.17, 15) is 4.39 Å². The van der Waals surface area contributed by atoms with Crippen molar-refractivity contribution in [3.63, 3.8) is 0 Å². The van der Waals surface area contributed by atoms with Gasteiger partial charge in [0.2, 0.25) is 0 Å². The number of aliphatic imine (C=N–C) groups is 1. The van der Waals surface area contributed by atoms with Crippen LogP contribution in [0.1, 0.15) is 6.92 Å². The van der Waals surface area contributed by atoms with Gasteiger partial charge in [-0.15, -0.1) is 24.0 Å². The number of halogens is 2. The second kappa shape index (κ2) is 11.8. The third-order valence-electron chi connectivity index (χ3n) is 3.04. The van der Waals surface area contributed by atoms with Gasteiger partial charge in [-0.2, -0.15) is 11.8 Å². The molecule has 0 saturated heterocycles. The SMILES string of the molecule is CN=C(NCC(C)SC)N(C)CCOc1ccccc1F.I. The Kier molecular flexibility index (Phi) is 11.4. The molecule has 1 rings (SSSR count). The molecule has 0 spiro atoms. The van der Waals surface area contributed by atoms with Crippen molar-refractivity contribution in [3.8, 4) is 5.75 Å². The lowest BCUT2D eigenvalue weighted by Gasteiger charge is -2.23. The molecular formula is C15H25FIN3OS. The molecule has 1 atom stereocenters. The Balaban J connectivity index is 0.00000441. The molecule has 1 N–H and O–H groups in total. The molecule has 0 amide bonds. The van der Waals surface area contributed by atoms with Crippen molar-refractivity contribution < 1.29 is 9.13 Å². The van der Waals surface area contributed by atoms with Crippen molar-refractivity contribution in [1.82, 2.24) is 10.2 Å². The Hall–Kier alpha value is -0.700. The molecule has 126 valence electrons. The fourth-order valence-electron chi connectivity index (χ4n) is 1.66. The van der Waals surface area contributed by atoms with Crippen LogP contribution in [0.3, 0.4) is 0 Å². The number of benzene rings is 1. The van der Waals surface area contributed by atoms with Crippen LogP contribution in [0, 0.1) is 5.82 Å².